The van der Waals surface area contributed by atoms with Crippen LogP contribution in [-0.2, 0) is 29.4 Å². The van der Waals surface area contributed by atoms with Crippen LogP contribution in [-0.4, -0.2) is 29.7 Å². The molecule has 1 aromatic carbocycles. The number of aryl methyl sites for hydroxylation is 2. The number of hydrogen-bond acceptors (Lipinski definition) is 4. The standard InChI is InChI=1S/C14H17ClN4O2S/c1-10-9-11(15)4-5-12(10)22(20,21)16-7-6-14-18-17-13-3-2-8-19(13)14/h4-5,9,16H,2-3,6-8H2,1H3. The molecule has 0 radical (unpaired) electrons. The summed E-state index contributed by atoms with van der Waals surface area (Å²) in [6.07, 6.45) is 2.55. The fraction of sp³-hybridized carbons (Fsp3) is 0.429. The van der Waals surface area contributed by atoms with Crippen LogP contribution in [0.2, 0.25) is 5.02 Å². The maximum absolute atomic E-state index is 12.3. The highest BCUT2D eigenvalue weighted by atomic mass is 35.5. The third-order valence-electron chi connectivity index (χ3n) is 3.75. The molecule has 0 amide bonds. The van der Waals surface area contributed by atoms with Crippen LogP contribution < -0.4 is 4.72 Å². The summed E-state index contributed by atoms with van der Waals surface area (Å²) in [7, 11) is -3.54. The van der Waals surface area contributed by atoms with Gasteiger partial charge in [0.25, 0.3) is 0 Å². The summed E-state index contributed by atoms with van der Waals surface area (Å²) >= 11 is 5.86. The molecule has 0 atom stereocenters. The van der Waals surface area contributed by atoms with Crippen molar-refractivity contribution in [2.24, 2.45) is 0 Å². The predicted molar refractivity (Wildman–Crippen MR) is 83.4 cm³/mol. The Bertz CT molecular complexity index is 801. The lowest BCUT2D eigenvalue weighted by Gasteiger charge is -2.09. The minimum absolute atomic E-state index is 0.253. The lowest BCUT2D eigenvalue weighted by atomic mass is 10.2. The highest BCUT2D eigenvalue weighted by molar-refractivity contribution is 7.89. The van der Waals surface area contributed by atoms with Gasteiger partial charge in [0.05, 0.1) is 4.90 Å². The van der Waals surface area contributed by atoms with Crippen molar-refractivity contribution in [3.8, 4) is 0 Å². The van der Waals surface area contributed by atoms with Crippen molar-refractivity contribution in [1.82, 2.24) is 19.5 Å². The molecule has 1 aromatic heterocycles. The van der Waals surface area contributed by atoms with Crippen molar-refractivity contribution in [1.29, 1.82) is 0 Å². The third-order valence-corrected chi connectivity index (χ3v) is 5.61. The largest absolute Gasteiger partial charge is 0.315 e. The number of sulfonamides is 1. The monoisotopic (exact) mass is 340 g/mol. The van der Waals surface area contributed by atoms with Crippen LogP contribution in [0.1, 0.15) is 23.6 Å². The number of fused-ring (bicyclic) bond motifs is 1. The molecule has 0 unspecified atom stereocenters. The Kier molecular flexibility index (Phi) is 4.20. The van der Waals surface area contributed by atoms with Crippen LogP contribution in [0.15, 0.2) is 23.1 Å². The molecule has 2 aromatic rings. The van der Waals surface area contributed by atoms with E-state index in [1.165, 1.54) is 6.07 Å². The average Bonchev–Trinajstić information content (AvgIpc) is 3.02. The van der Waals surface area contributed by atoms with Crippen molar-refractivity contribution >= 4 is 21.6 Å². The van der Waals surface area contributed by atoms with Gasteiger partial charge in [-0.05, 0) is 37.1 Å². The van der Waals surface area contributed by atoms with E-state index >= 15 is 0 Å². The zero-order valence-electron chi connectivity index (χ0n) is 12.2. The van der Waals surface area contributed by atoms with Gasteiger partial charge in [-0.1, -0.05) is 11.6 Å². The fourth-order valence-corrected chi connectivity index (χ4v) is 4.17. The Morgan fingerprint density at radius 3 is 2.95 bits per heavy atom. The van der Waals surface area contributed by atoms with Gasteiger partial charge in [0.1, 0.15) is 11.6 Å². The summed E-state index contributed by atoms with van der Waals surface area (Å²) in [6.45, 7) is 2.94. The van der Waals surface area contributed by atoms with Gasteiger partial charge in [-0.3, -0.25) is 0 Å². The van der Waals surface area contributed by atoms with Gasteiger partial charge in [0, 0.05) is 31.0 Å². The topological polar surface area (TPSA) is 76.9 Å². The second-order valence-electron chi connectivity index (χ2n) is 5.35. The first kappa shape index (κ1) is 15.5. The molecule has 0 aliphatic carbocycles. The van der Waals surface area contributed by atoms with E-state index < -0.39 is 10.0 Å². The second-order valence-corrected chi connectivity index (χ2v) is 7.52. The first-order valence-corrected chi connectivity index (χ1v) is 9.00. The molecular weight excluding hydrogens is 324 g/mol. The number of nitrogens with one attached hydrogen (secondary N) is 1. The summed E-state index contributed by atoms with van der Waals surface area (Å²) in [4.78, 5) is 0.253. The van der Waals surface area contributed by atoms with Crippen LogP contribution >= 0.6 is 11.6 Å². The van der Waals surface area contributed by atoms with E-state index in [-0.39, 0.29) is 4.90 Å². The Hall–Kier alpha value is -1.44. The van der Waals surface area contributed by atoms with Crippen LogP contribution in [0, 0.1) is 6.92 Å². The maximum atomic E-state index is 12.3. The molecule has 0 fully saturated rings. The summed E-state index contributed by atoms with van der Waals surface area (Å²) in [5.74, 6) is 1.83. The predicted octanol–water partition coefficient (Wildman–Crippen LogP) is 1.71. The summed E-state index contributed by atoms with van der Waals surface area (Å²) in [5, 5.41) is 8.76. The number of halogens is 1. The van der Waals surface area contributed by atoms with Crippen LogP contribution in [0.25, 0.3) is 0 Å². The minimum atomic E-state index is -3.54. The van der Waals surface area contributed by atoms with Gasteiger partial charge in [0.15, 0.2) is 0 Å². The van der Waals surface area contributed by atoms with E-state index in [9.17, 15) is 8.42 Å². The number of hydrogen-bond donors (Lipinski definition) is 1. The molecule has 118 valence electrons. The summed E-state index contributed by atoms with van der Waals surface area (Å²) < 4.78 is 29.3. The smallest absolute Gasteiger partial charge is 0.240 e. The molecule has 6 nitrogen and oxygen atoms in total. The average molecular weight is 341 g/mol. The lowest BCUT2D eigenvalue weighted by Crippen LogP contribution is -2.27. The van der Waals surface area contributed by atoms with E-state index in [4.69, 9.17) is 11.6 Å². The van der Waals surface area contributed by atoms with E-state index in [1.54, 1.807) is 19.1 Å². The third kappa shape index (κ3) is 3.02. The second kappa shape index (κ2) is 5.98. The van der Waals surface area contributed by atoms with Crippen molar-refractivity contribution < 1.29 is 8.42 Å². The van der Waals surface area contributed by atoms with Crippen molar-refractivity contribution in [2.45, 2.75) is 37.6 Å². The van der Waals surface area contributed by atoms with E-state index in [1.807, 2.05) is 0 Å². The quantitative estimate of drug-likeness (QED) is 0.898. The molecule has 0 saturated carbocycles. The molecule has 3 rings (SSSR count). The van der Waals surface area contributed by atoms with Crippen molar-refractivity contribution in [3.63, 3.8) is 0 Å². The normalized spacial score (nSPS) is 14.3. The van der Waals surface area contributed by atoms with E-state index in [0.29, 0.717) is 23.6 Å². The SMILES string of the molecule is Cc1cc(Cl)ccc1S(=O)(=O)NCCc1nnc2n1CCC2. The van der Waals surface area contributed by atoms with Crippen LogP contribution in [0.5, 0.6) is 0 Å². The molecule has 0 bridgehead atoms. The van der Waals surface area contributed by atoms with Gasteiger partial charge in [-0.15, -0.1) is 10.2 Å². The Morgan fingerprint density at radius 1 is 1.36 bits per heavy atom. The number of benzene rings is 1. The van der Waals surface area contributed by atoms with Crippen LogP contribution in [0.3, 0.4) is 0 Å². The van der Waals surface area contributed by atoms with Gasteiger partial charge in [-0.25, -0.2) is 13.1 Å². The van der Waals surface area contributed by atoms with E-state index in [2.05, 4.69) is 19.5 Å². The molecule has 2 heterocycles. The van der Waals surface area contributed by atoms with Gasteiger partial charge >= 0.3 is 0 Å². The van der Waals surface area contributed by atoms with Gasteiger partial charge < -0.3 is 4.57 Å². The van der Waals surface area contributed by atoms with E-state index in [0.717, 1.165) is 31.0 Å². The molecule has 1 N–H and O–H groups in total. The highest BCUT2D eigenvalue weighted by Gasteiger charge is 2.19. The lowest BCUT2D eigenvalue weighted by molar-refractivity contribution is 0.578. The first-order chi connectivity index (χ1) is 10.5. The summed E-state index contributed by atoms with van der Waals surface area (Å²) in [6, 6.07) is 4.74. The zero-order valence-corrected chi connectivity index (χ0v) is 13.8. The number of rotatable bonds is 5. The molecule has 1 aliphatic heterocycles. The zero-order chi connectivity index (χ0) is 15.7. The number of aromatic nitrogens is 3. The van der Waals surface area contributed by atoms with Crippen molar-refractivity contribution in [2.75, 3.05) is 6.54 Å². The maximum Gasteiger partial charge on any atom is 0.240 e. The Morgan fingerprint density at radius 2 is 2.18 bits per heavy atom. The fourth-order valence-electron chi connectivity index (χ4n) is 2.68. The molecule has 0 spiro atoms. The highest BCUT2D eigenvalue weighted by Crippen LogP contribution is 2.19. The Balaban J connectivity index is 1.67. The van der Waals surface area contributed by atoms with Crippen LogP contribution in [0.4, 0.5) is 0 Å². The molecule has 22 heavy (non-hydrogen) atoms. The van der Waals surface area contributed by atoms with Gasteiger partial charge in [0.2, 0.25) is 10.0 Å². The minimum Gasteiger partial charge on any atom is -0.315 e. The molecule has 0 saturated heterocycles. The van der Waals surface area contributed by atoms with Crippen molar-refractivity contribution in [3.05, 3.63) is 40.4 Å². The number of nitrogens with zero attached hydrogens (tertiary/aromatic N) is 3. The first-order valence-electron chi connectivity index (χ1n) is 7.14. The molecular formula is C14H17ClN4O2S. The molecule has 1 aliphatic rings. The summed E-state index contributed by atoms with van der Waals surface area (Å²) in [5.41, 5.74) is 0.628. The Labute approximate surface area is 134 Å². The van der Waals surface area contributed by atoms with Gasteiger partial charge in [-0.2, -0.15) is 0 Å². The molecule has 8 heteroatoms.